The molecule has 2 aromatic carbocycles. The first-order valence-corrected chi connectivity index (χ1v) is 8.67. The Balaban J connectivity index is 1.77. The van der Waals surface area contributed by atoms with Gasteiger partial charge in [0.05, 0.1) is 13.1 Å². The van der Waals surface area contributed by atoms with Crippen molar-refractivity contribution in [3.8, 4) is 0 Å². The minimum Gasteiger partial charge on any atom is -0.317 e. The molecule has 0 aromatic heterocycles. The van der Waals surface area contributed by atoms with Crippen LogP contribution in [0, 0.1) is 0 Å². The average molecular weight is 394 g/mol. The summed E-state index contributed by atoms with van der Waals surface area (Å²) >= 11 is 0. The van der Waals surface area contributed by atoms with E-state index in [4.69, 9.17) is 0 Å². The van der Waals surface area contributed by atoms with E-state index < -0.39 is 36.9 Å². The topological polar surface area (TPSA) is 40.6 Å². The minimum absolute atomic E-state index is 0.243. The Hall–Kier alpha value is -2.90. The number of rotatable bonds is 6. The summed E-state index contributed by atoms with van der Waals surface area (Å²) in [5.74, 6) is -7.66. The minimum atomic E-state index is -3.49. The van der Waals surface area contributed by atoms with Crippen molar-refractivity contribution in [1.82, 2.24) is 9.80 Å². The van der Waals surface area contributed by atoms with Crippen LogP contribution in [0.25, 0.3) is 0 Å². The van der Waals surface area contributed by atoms with Crippen LogP contribution in [-0.2, 0) is 16.6 Å². The monoisotopic (exact) mass is 394 g/mol. The van der Waals surface area contributed by atoms with Gasteiger partial charge in [-0.1, -0.05) is 60.7 Å². The Labute approximate surface area is 159 Å². The molecule has 0 N–H and O–H groups in total. The molecular weight excluding hydrogens is 376 g/mol. The molecular formula is C20H18F4N2O2. The van der Waals surface area contributed by atoms with Crippen molar-refractivity contribution >= 4 is 11.9 Å². The molecule has 1 saturated heterocycles. The van der Waals surface area contributed by atoms with Gasteiger partial charge >= 0.3 is 6.03 Å². The normalized spacial score (nSPS) is 15.9. The molecule has 0 atom stereocenters. The lowest BCUT2D eigenvalue weighted by Crippen LogP contribution is -2.56. The second-order valence-electron chi connectivity index (χ2n) is 6.57. The first kappa shape index (κ1) is 19.9. The lowest BCUT2D eigenvalue weighted by Gasteiger charge is -2.37. The molecule has 1 aliphatic rings. The van der Waals surface area contributed by atoms with Crippen LogP contribution in [0.5, 0.6) is 0 Å². The van der Waals surface area contributed by atoms with Gasteiger partial charge in [0, 0.05) is 24.1 Å². The first-order chi connectivity index (χ1) is 13.2. The molecule has 3 amide bonds. The standard InChI is InChI=1S/C20H18F4N2O2/c21-19(22,15-7-3-1-4-8-15)13-25-12-11-17(27)26(18(25)28)14-20(23,24)16-9-5-2-6-10-16/h1-10H,11-14H2. The maximum Gasteiger partial charge on any atom is 0.327 e. The highest BCUT2D eigenvalue weighted by Crippen LogP contribution is 2.32. The molecule has 8 heteroatoms. The van der Waals surface area contributed by atoms with Gasteiger partial charge in [0.25, 0.3) is 11.8 Å². The molecule has 0 radical (unpaired) electrons. The van der Waals surface area contributed by atoms with Gasteiger partial charge in [-0.15, -0.1) is 0 Å². The Bertz CT molecular complexity index is 844. The van der Waals surface area contributed by atoms with Gasteiger partial charge in [0.1, 0.15) is 0 Å². The molecule has 3 rings (SSSR count). The fourth-order valence-corrected chi connectivity index (χ4v) is 3.03. The van der Waals surface area contributed by atoms with E-state index in [2.05, 4.69) is 0 Å². The molecule has 28 heavy (non-hydrogen) atoms. The number of hydrogen-bond acceptors (Lipinski definition) is 2. The van der Waals surface area contributed by atoms with Crippen LogP contribution in [0.1, 0.15) is 17.5 Å². The largest absolute Gasteiger partial charge is 0.327 e. The van der Waals surface area contributed by atoms with E-state index in [9.17, 15) is 27.2 Å². The third-order valence-corrected chi connectivity index (χ3v) is 4.54. The predicted octanol–water partition coefficient (Wildman–Crippen LogP) is 4.22. The Morgan fingerprint density at radius 2 is 1.21 bits per heavy atom. The quantitative estimate of drug-likeness (QED) is 0.689. The van der Waals surface area contributed by atoms with Gasteiger partial charge < -0.3 is 4.90 Å². The SMILES string of the molecule is O=C1CCN(CC(F)(F)c2ccccc2)C(=O)N1CC(F)(F)c1ccccc1. The zero-order chi connectivity index (χ0) is 20.4. The van der Waals surface area contributed by atoms with E-state index in [1.807, 2.05) is 0 Å². The highest BCUT2D eigenvalue weighted by atomic mass is 19.3. The number of halogens is 4. The zero-order valence-electron chi connectivity index (χ0n) is 14.8. The molecule has 2 aromatic rings. The van der Waals surface area contributed by atoms with Crippen molar-refractivity contribution in [2.75, 3.05) is 19.6 Å². The van der Waals surface area contributed by atoms with E-state index in [1.54, 1.807) is 12.1 Å². The number of hydrogen-bond donors (Lipinski definition) is 0. The number of alkyl halides is 4. The fourth-order valence-electron chi connectivity index (χ4n) is 3.03. The van der Waals surface area contributed by atoms with Gasteiger partial charge in [-0.05, 0) is 0 Å². The van der Waals surface area contributed by atoms with Gasteiger partial charge in [0.2, 0.25) is 5.91 Å². The van der Waals surface area contributed by atoms with Crippen LogP contribution in [0.15, 0.2) is 60.7 Å². The summed E-state index contributed by atoms with van der Waals surface area (Å²) in [5, 5.41) is 0. The van der Waals surface area contributed by atoms with Crippen molar-refractivity contribution in [2.24, 2.45) is 0 Å². The second-order valence-corrected chi connectivity index (χ2v) is 6.57. The van der Waals surface area contributed by atoms with E-state index in [-0.39, 0.29) is 24.1 Å². The van der Waals surface area contributed by atoms with Crippen molar-refractivity contribution in [1.29, 1.82) is 0 Å². The molecule has 0 aliphatic carbocycles. The summed E-state index contributed by atoms with van der Waals surface area (Å²) in [5.41, 5.74) is -0.650. The molecule has 1 aliphatic heterocycles. The maximum absolute atomic E-state index is 14.5. The summed E-state index contributed by atoms with van der Waals surface area (Å²) < 4.78 is 58.0. The van der Waals surface area contributed by atoms with Crippen molar-refractivity contribution in [3.05, 3.63) is 71.8 Å². The van der Waals surface area contributed by atoms with Gasteiger partial charge in [-0.3, -0.25) is 9.69 Å². The van der Waals surface area contributed by atoms with Gasteiger partial charge in [0.15, 0.2) is 0 Å². The average Bonchev–Trinajstić information content (AvgIpc) is 2.69. The number of nitrogens with zero attached hydrogens (tertiary/aromatic N) is 2. The summed E-state index contributed by atoms with van der Waals surface area (Å²) in [4.78, 5) is 25.7. The van der Waals surface area contributed by atoms with Gasteiger partial charge in [-0.25, -0.2) is 4.79 Å². The predicted molar refractivity (Wildman–Crippen MR) is 94.0 cm³/mol. The lowest BCUT2D eigenvalue weighted by molar-refractivity contribution is -0.138. The van der Waals surface area contributed by atoms with Crippen molar-refractivity contribution in [2.45, 2.75) is 18.3 Å². The van der Waals surface area contributed by atoms with Crippen molar-refractivity contribution in [3.63, 3.8) is 0 Å². The highest BCUT2D eigenvalue weighted by Gasteiger charge is 2.44. The van der Waals surface area contributed by atoms with E-state index in [0.29, 0.717) is 4.90 Å². The molecule has 0 unspecified atom stereocenters. The van der Waals surface area contributed by atoms with Crippen LogP contribution >= 0.6 is 0 Å². The molecule has 1 heterocycles. The van der Waals surface area contributed by atoms with E-state index in [1.165, 1.54) is 48.5 Å². The molecule has 0 bridgehead atoms. The van der Waals surface area contributed by atoms with Crippen molar-refractivity contribution < 1.29 is 27.2 Å². The first-order valence-electron chi connectivity index (χ1n) is 8.67. The fraction of sp³-hybridized carbons (Fsp3) is 0.300. The second kappa shape index (κ2) is 7.61. The van der Waals surface area contributed by atoms with Gasteiger partial charge in [-0.2, -0.15) is 17.6 Å². The lowest BCUT2D eigenvalue weighted by atomic mass is 10.1. The van der Waals surface area contributed by atoms with Crippen LogP contribution in [-0.4, -0.2) is 41.4 Å². The van der Waals surface area contributed by atoms with E-state index >= 15 is 0 Å². The number of urea groups is 1. The van der Waals surface area contributed by atoms with Crippen LogP contribution in [0.3, 0.4) is 0 Å². The maximum atomic E-state index is 14.5. The third kappa shape index (κ3) is 4.16. The Morgan fingerprint density at radius 3 is 1.71 bits per heavy atom. The Morgan fingerprint density at radius 1 is 0.750 bits per heavy atom. The number of benzene rings is 2. The molecule has 0 spiro atoms. The zero-order valence-corrected chi connectivity index (χ0v) is 14.8. The van der Waals surface area contributed by atoms with Crippen LogP contribution in [0.4, 0.5) is 22.4 Å². The molecule has 1 fully saturated rings. The number of carbonyl (C=O) groups excluding carboxylic acids is 2. The summed E-state index contributed by atoms with van der Waals surface area (Å²) in [6.45, 7) is -2.42. The molecule has 148 valence electrons. The van der Waals surface area contributed by atoms with Crippen LogP contribution < -0.4 is 0 Å². The summed E-state index contributed by atoms with van der Waals surface area (Å²) in [6.07, 6.45) is -0.290. The molecule has 0 saturated carbocycles. The smallest absolute Gasteiger partial charge is 0.317 e. The number of imide groups is 1. The molecule has 4 nitrogen and oxygen atoms in total. The summed E-state index contributed by atoms with van der Waals surface area (Å²) in [6, 6.07) is 12.5. The third-order valence-electron chi connectivity index (χ3n) is 4.54. The van der Waals surface area contributed by atoms with E-state index in [0.717, 1.165) is 4.90 Å². The van der Waals surface area contributed by atoms with Crippen LogP contribution in [0.2, 0.25) is 0 Å². The Kier molecular flexibility index (Phi) is 5.40. The summed E-state index contributed by atoms with van der Waals surface area (Å²) in [7, 11) is 0. The number of carbonyl (C=O) groups is 2. The number of amides is 3. The highest BCUT2D eigenvalue weighted by molar-refractivity contribution is 5.97.